The van der Waals surface area contributed by atoms with Gasteiger partial charge in [-0.1, -0.05) is 48.7 Å². The van der Waals surface area contributed by atoms with Crippen LogP contribution < -0.4 is 0 Å². The molecule has 0 radical (unpaired) electrons. The van der Waals surface area contributed by atoms with Gasteiger partial charge in [0, 0.05) is 8.07 Å². The molecule has 0 spiro atoms. The topological polar surface area (TPSA) is 46.5 Å². The molecule has 5 heteroatoms. The molecular formula is C16H30O3Si2. The number of carbonyl (C=O) groups is 1. The summed E-state index contributed by atoms with van der Waals surface area (Å²) in [7, 11) is -2.97. The smallest absolute Gasteiger partial charge is 0.450 e. The van der Waals surface area contributed by atoms with Crippen molar-refractivity contribution in [1.82, 2.24) is 0 Å². The number of hydrogen-bond donors (Lipinski definition) is 1. The van der Waals surface area contributed by atoms with E-state index in [0.717, 1.165) is 18.9 Å². The van der Waals surface area contributed by atoms with Crippen LogP contribution in [-0.4, -0.2) is 33.5 Å². The van der Waals surface area contributed by atoms with Crippen LogP contribution in [0.4, 0.5) is 4.79 Å². The van der Waals surface area contributed by atoms with E-state index in [1.807, 2.05) is 6.92 Å². The summed E-state index contributed by atoms with van der Waals surface area (Å²) in [5.41, 5.74) is 6.17. The second-order valence-corrected chi connectivity index (χ2v) is 15.8. The lowest BCUT2D eigenvalue weighted by atomic mass is 10.2. The van der Waals surface area contributed by atoms with Gasteiger partial charge in [0.2, 0.25) is 0 Å². The van der Waals surface area contributed by atoms with Crippen LogP contribution >= 0.6 is 0 Å². The highest BCUT2D eigenvalue weighted by molar-refractivity contribution is 6.94. The van der Waals surface area contributed by atoms with E-state index in [1.54, 1.807) is 0 Å². The lowest BCUT2D eigenvalue weighted by Crippen LogP contribution is -2.33. The first-order valence-corrected chi connectivity index (χ1v) is 13.4. The molecule has 0 aliphatic rings. The molecule has 0 saturated carbocycles. The van der Waals surface area contributed by atoms with Crippen molar-refractivity contribution in [3.8, 4) is 0 Å². The van der Waals surface area contributed by atoms with Gasteiger partial charge in [-0.05, 0) is 19.4 Å². The third-order valence-electron chi connectivity index (χ3n) is 4.14. The van der Waals surface area contributed by atoms with Gasteiger partial charge in [0.1, 0.15) is 14.2 Å². The summed E-state index contributed by atoms with van der Waals surface area (Å²) in [6.07, 6.45) is 0.432. The van der Waals surface area contributed by atoms with Crippen molar-refractivity contribution < 1.29 is 14.6 Å². The van der Waals surface area contributed by atoms with Gasteiger partial charge in [-0.2, -0.15) is 0 Å². The highest BCUT2D eigenvalue weighted by Crippen LogP contribution is 2.27. The quantitative estimate of drug-likeness (QED) is 0.420. The van der Waals surface area contributed by atoms with Crippen molar-refractivity contribution in [2.24, 2.45) is 0 Å². The van der Waals surface area contributed by atoms with Crippen molar-refractivity contribution in [2.45, 2.75) is 57.1 Å². The van der Waals surface area contributed by atoms with Crippen molar-refractivity contribution in [3.05, 3.63) is 36.8 Å². The molecule has 0 bridgehead atoms. The van der Waals surface area contributed by atoms with E-state index in [0.29, 0.717) is 0 Å². The molecule has 0 aliphatic heterocycles. The maximum absolute atomic E-state index is 10.4. The predicted molar refractivity (Wildman–Crippen MR) is 96.1 cm³/mol. The first-order valence-electron chi connectivity index (χ1n) is 7.50. The summed E-state index contributed by atoms with van der Waals surface area (Å²) in [4.78, 5) is 10.4. The second-order valence-electron chi connectivity index (χ2n) is 6.48. The third-order valence-corrected chi connectivity index (χ3v) is 11.3. The summed E-state index contributed by atoms with van der Waals surface area (Å²) >= 11 is 0. The third kappa shape index (κ3) is 8.07. The molecule has 0 heterocycles. The molecule has 0 aromatic carbocycles. The van der Waals surface area contributed by atoms with Crippen LogP contribution in [0.1, 0.15) is 19.8 Å². The standard InChI is InChI=1S/C16H30O3Si2/c1-7-21(8-2,9-3)14-13-20(5,6)12-10-11-15(4)19-16(17)18/h7-9,15H,1-3,10-14H2,4-6H3,(H,17,18). The zero-order valence-electron chi connectivity index (χ0n) is 13.7. The van der Waals surface area contributed by atoms with Gasteiger partial charge in [-0.25, -0.2) is 4.79 Å². The van der Waals surface area contributed by atoms with Gasteiger partial charge in [0.25, 0.3) is 0 Å². The van der Waals surface area contributed by atoms with Crippen LogP contribution in [0.25, 0.3) is 0 Å². The molecule has 120 valence electrons. The first kappa shape index (κ1) is 19.9. The van der Waals surface area contributed by atoms with Crippen LogP contribution in [0, 0.1) is 0 Å². The highest BCUT2D eigenvalue weighted by Gasteiger charge is 2.27. The van der Waals surface area contributed by atoms with Gasteiger partial charge in [0.15, 0.2) is 0 Å². The fraction of sp³-hybridized carbons (Fsp3) is 0.562. The Morgan fingerprint density at radius 3 is 2.10 bits per heavy atom. The summed E-state index contributed by atoms with van der Waals surface area (Å²) in [6, 6.07) is 3.57. The van der Waals surface area contributed by atoms with Crippen LogP contribution in [0.2, 0.25) is 31.2 Å². The molecule has 1 atom stereocenters. The van der Waals surface area contributed by atoms with Crippen LogP contribution in [-0.2, 0) is 4.74 Å². The van der Waals surface area contributed by atoms with E-state index in [9.17, 15) is 4.79 Å². The van der Waals surface area contributed by atoms with Crippen LogP contribution in [0.15, 0.2) is 36.8 Å². The molecule has 21 heavy (non-hydrogen) atoms. The molecule has 0 saturated heterocycles. The zero-order chi connectivity index (χ0) is 16.5. The fourth-order valence-electron chi connectivity index (χ4n) is 2.34. The minimum Gasteiger partial charge on any atom is -0.450 e. The molecular weight excluding hydrogens is 296 g/mol. The molecule has 0 aromatic rings. The Kier molecular flexibility index (Phi) is 8.58. The maximum atomic E-state index is 10.4. The van der Waals surface area contributed by atoms with Crippen molar-refractivity contribution >= 4 is 22.3 Å². The Morgan fingerprint density at radius 2 is 1.67 bits per heavy atom. The average molecular weight is 327 g/mol. The van der Waals surface area contributed by atoms with Crippen molar-refractivity contribution in [2.75, 3.05) is 0 Å². The van der Waals surface area contributed by atoms with E-state index >= 15 is 0 Å². The van der Waals surface area contributed by atoms with Crippen molar-refractivity contribution in [1.29, 1.82) is 0 Å². The monoisotopic (exact) mass is 326 g/mol. The molecule has 1 N–H and O–H groups in total. The van der Waals surface area contributed by atoms with Crippen LogP contribution in [0.3, 0.4) is 0 Å². The Bertz CT molecular complexity index is 356. The fourth-order valence-corrected chi connectivity index (χ4v) is 9.30. The van der Waals surface area contributed by atoms with E-state index in [1.165, 1.54) is 12.1 Å². The number of hydrogen-bond acceptors (Lipinski definition) is 2. The molecule has 0 rings (SSSR count). The normalized spacial score (nSPS) is 13.3. The summed E-state index contributed by atoms with van der Waals surface area (Å²) in [6.45, 7) is 18.5. The lowest BCUT2D eigenvalue weighted by molar-refractivity contribution is 0.0555. The summed E-state index contributed by atoms with van der Waals surface area (Å²) in [5.74, 6) is 0. The number of carboxylic acid groups (broad SMARTS) is 1. The largest absolute Gasteiger partial charge is 0.506 e. The van der Waals surface area contributed by atoms with E-state index < -0.39 is 22.3 Å². The Balaban J connectivity index is 4.25. The highest BCUT2D eigenvalue weighted by atomic mass is 28.3. The SMILES string of the molecule is C=C[Si](C=C)(C=C)CC[Si](C)(C)CCCC(C)OC(=O)O. The summed E-state index contributed by atoms with van der Waals surface area (Å²) < 4.78 is 4.73. The minimum atomic E-state index is -1.69. The lowest BCUT2D eigenvalue weighted by Gasteiger charge is -2.28. The van der Waals surface area contributed by atoms with Crippen LogP contribution in [0.5, 0.6) is 0 Å². The van der Waals surface area contributed by atoms with Gasteiger partial charge < -0.3 is 9.84 Å². The van der Waals surface area contributed by atoms with Crippen molar-refractivity contribution in [3.63, 3.8) is 0 Å². The van der Waals surface area contributed by atoms with E-state index in [2.05, 4.69) is 49.9 Å². The molecule has 3 nitrogen and oxygen atoms in total. The zero-order valence-corrected chi connectivity index (χ0v) is 15.7. The minimum absolute atomic E-state index is 0.213. The first-order chi connectivity index (χ1) is 9.70. The Labute approximate surface area is 131 Å². The van der Waals surface area contributed by atoms with E-state index in [4.69, 9.17) is 9.84 Å². The Hall–Kier alpha value is -1.08. The number of ether oxygens (including phenoxy) is 1. The van der Waals surface area contributed by atoms with Gasteiger partial charge in [-0.3, -0.25) is 0 Å². The average Bonchev–Trinajstić information content (AvgIpc) is 2.40. The summed E-state index contributed by atoms with van der Waals surface area (Å²) in [5, 5.41) is 8.56. The van der Waals surface area contributed by atoms with E-state index in [-0.39, 0.29) is 6.10 Å². The molecule has 0 fully saturated rings. The molecule has 0 amide bonds. The number of rotatable bonds is 11. The van der Waals surface area contributed by atoms with Gasteiger partial charge in [0.05, 0.1) is 0 Å². The second kappa shape index (κ2) is 9.05. The Morgan fingerprint density at radius 1 is 1.14 bits per heavy atom. The maximum Gasteiger partial charge on any atom is 0.506 e. The van der Waals surface area contributed by atoms with Gasteiger partial charge in [-0.15, -0.1) is 19.7 Å². The molecule has 1 unspecified atom stereocenters. The predicted octanol–water partition coefficient (Wildman–Crippen LogP) is 5.18. The molecule has 0 aromatic heterocycles. The molecule has 0 aliphatic carbocycles. The van der Waals surface area contributed by atoms with Gasteiger partial charge >= 0.3 is 6.16 Å².